The van der Waals surface area contributed by atoms with Gasteiger partial charge in [0.25, 0.3) is 5.91 Å². The van der Waals surface area contributed by atoms with E-state index in [2.05, 4.69) is 26.5 Å². The van der Waals surface area contributed by atoms with Gasteiger partial charge in [-0.05, 0) is 35.9 Å². The Hall–Kier alpha value is -2.11. The molecule has 6 nitrogen and oxygen atoms in total. The van der Waals surface area contributed by atoms with Crippen LogP contribution in [0, 0.1) is 0 Å². The van der Waals surface area contributed by atoms with Crippen LogP contribution in [0.15, 0.2) is 52.0 Å². The summed E-state index contributed by atoms with van der Waals surface area (Å²) >= 11 is 9.17. The van der Waals surface area contributed by atoms with Crippen LogP contribution in [0.3, 0.4) is 0 Å². The van der Waals surface area contributed by atoms with Gasteiger partial charge in [-0.3, -0.25) is 9.10 Å². The Labute approximate surface area is 178 Å². The van der Waals surface area contributed by atoms with Crippen LogP contribution in [0.2, 0.25) is 5.02 Å². The fourth-order valence-electron chi connectivity index (χ4n) is 2.19. The van der Waals surface area contributed by atoms with E-state index in [9.17, 15) is 26.4 Å². The number of rotatable bonds is 6. The van der Waals surface area contributed by atoms with Crippen molar-refractivity contribution < 1.29 is 26.4 Å². The summed E-state index contributed by atoms with van der Waals surface area (Å²) in [7, 11) is -4.12. The summed E-state index contributed by atoms with van der Waals surface area (Å²) in [6.07, 6.45) is -2.63. The number of halogens is 5. The second-order valence-corrected chi connectivity index (χ2v) is 9.01. The Bertz CT molecular complexity index is 1050. The third kappa shape index (κ3) is 6.72. The van der Waals surface area contributed by atoms with E-state index in [-0.39, 0.29) is 5.02 Å². The molecule has 0 aromatic heterocycles. The average molecular weight is 513 g/mol. The molecule has 0 aliphatic rings. The van der Waals surface area contributed by atoms with E-state index in [0.717, 1.165) is 16.8 Å². The maximum Gasteiger partial charge on any atom is 0.416 e. The van der Waals surface area contributed by atoms with Crippen LogP contribution >= 0.6 is 27.5 Å². The predicted molar refractivity (Wildman–Crippen MR) is 109 cm³/mol. The van der Waals surface area contributed by atoms with Crippen molar-refractivity contribution in [3.8, 4) is 0 Å². The molecule has 0 unspecified atom stereocenters. The summed E-state index contributed by atoms with van der Waals surface area (Å²) in [5.41, 5.74) is 1.22. The van der Waals surface area contributed by atoms with Crippen LogP contribution < -0.4 is 9.73 Å². The molecule has 0 fully saturated rings. The van der Waals surface area contributed by atoms with Crippen molar-refractivity contribution in [2.75, 3.05) is 17.1 Å². The lowest BCUT2D eigenvalue weighted by molar-refractivity contribution is -0.137. The molecular weight excluding hydrogens is 499 g/mol. The largest absolute Gasteiger partial charge is 0.416 e. The maximum atomic E-state index is 13.0. The number of amides is 1. The first kappa shape index (κ1) is 23.2. The van der Waals surface area contributed by atoms with Crippen LogP contribution in [-0.2, 0) is 21.0 Å². The van der Waals surface area contributed by atoms with Gasteiger partial charge in [0, 0.05) is 4.47 Å². The Kier molecular flexibility index (Phi) is 7.30. The lowest BCUT2D eigenvalue weighted by Gasteiger charge is -2.23. The van der Waals surface area contributed by atoms with E-state index in [1.54, 1.807) is 24.3 Å². The number of carbonyl (C=O) groups is 1. The topological polar surface area (TPSA) is 78.8 Å². The number of hydrogen-bond donors (Lipinski definition) is 1. The highest BCUT2D eigenvalue weighted by atomic mass is 79.9. The first-order valence-electron chi connectivity index (χ1n) is 7.80. The van der Waals surface area contributed by atoms with E-state index >= 15 is 0 Å². The van der Waals surface area contributed by atoms with Gasteiger partial charge in [0.05, 0.1) is 28.7 Å². The molecular formula is C17H14BrClF3N3O3S. The minimum absolute atomic E-state index is 0.256. The molecule has 0 bridgehead atoms. The number of benzene rings is 2. The van der Waals surface area contributed by atoms with Gasteiger partial charge < -0.3 is 0 Å². The van der Waals surface area contributed by atoms with Crippen LogP contribution in [0.5, 0.6) is 0 Å². The number of sulfonamides is 1. The fourth-order valence-corrected chi connectivity index (χ4v) is 3.74. The lowest BCUT2D eigenvalue weighted by atomic mass is 10.2. The van der Waals surface area contributed by atoms with Gasteiger partial charge in [-0.25, -0.2) is 13.8 Å². The molecule has 1 amide bonds. The van der Waals surface area contributed by atoms with E-state index in [1.807, 2.05) is 0 Å². The number of alkyl halides is 3. The number of nitrogens with zero attached hydrogens (tertiary/aromatic N) is 2. The molecule has 2 rings (SSSR count). The molecule has 0 aliphatic carbocycles. The summed E-state index contributed by atoms with van der Waals surface area (Å²) in [6, 6.07) is 9.18. The minimum atomic E-state index is -4.71. The molecule has 0 aliphatic heterocycles. The molecule has 0 saturated heterocycles. The summed E-state index contributed by atoms with van der Waals surface area (Å²) in [4.78, 5) is 12.1. The highest BCUT2D eigenvalue weighted by Crippen LogP contribution is 2.36. The van der Waals surface area contributed by atoms with Crippen molar-refractivity contribution in [2.24, 2.45) is 5.10 Å². The molecule has 156 valence electrons. The van der Waals surface area contributed by atoms with Crippen molar-refractivity contribution in [3.05, 3.63) is 63.1 Å². The lowest BCUT2D eigenvalue weighted by Crippen LogP contribution is -2.39. The molecule has 0 heterocycles. The number of anilines is 1. The van der Waals surface area contributed by atoms with Crippen molar-refractivity contribution >= 4 is 55.4 Å². The predicted octanol–water partition coefficient (Wildman–Crippen LogP) is 4.04. The van der Waals surface area contributed by atoms with E-state index in [4.69, 9.17) is 11.6 Å². The number of nitrogens with one attached hydrogen (secondary N) is 1. The molecule has 2 aromatic carbocycles. The zero-order valence-electron chi connectivity index (χ0n) is 14.7. The molecule has 0 spiro atoms. The van der Waals surface area contributed by atoms with E-state index in [0.29, 0.717) is 22.0 Å². The van der Waals surface area contributed by atoms with Gasteiger partial charge in [-0.1, -0.05) is 39.7 Å². The third-order valence-electron chi connectivity index (χ3n) is 3.48. The van der Waals surface area contributed by atoms with Crippen molar-refractivity contribution in [1.82, 2.24) is 5.43 Å². The van der Waals surface area contributed by atoms with Gasteiger partial charge >= 0.3 is 6.18 Å². The number of hydrazone groups is 1. The summed E-state index contributed by atoms with van der Waals surface area (Å²) in [6.45, 7) is -0.810. The zero-order chi connectivity index (χ0) is 21.8. The molecule has 0 radical (unpaired) electrons. The molecule has 2 aromatic rings. The van der Waals surface area contributed by atoms with Crippen LogP contribution in [-0.4, -0.2) is 33.3 Å². The summed E-state index contributed by atoms with van der Waals surface area (Å²) in [5, 5.41) is 3.46. The molecule has 29 heavy (non-hydrogen) atoms. The van der Waals surface area contributed by atoms with Crippen LogP contribution in [0.1, 0.15) is 11.1 Å². The molecule has 0 atom stereocenters. The van der Waals surface area contributed by atoms with Crippen LogP contribution in [0.25, 0.3) is 0 Å². The monoisotopic (exact) mass is 511 g/mol. The summed E-state index contributed by atoms with van der Waals surface area (Å²) < 4.78 is 64.3. The van der Waals surface area contributed by atoms with E-state index < -0.39 is 39.9 Å². The van der Waals surface area contributed by atoms with Gasteiger partial charge in [0.2, 0.25) is 10.0 Å². The highest BCUT2D eigenvalue weighted by Gasteiger charge is 2.33. The highest BCUT2D eigenvalue weighted by molar-refractivity contribution is 9.10. The fraction of sp³-hybridized carbons (Fsp3) is 0.176. The molecule has 1 N–H and O–H groups in total. The molecule has 0 saturated carbocycles. The van der Waals surface area contributed by atoms with Gasteiger partial charge in [0.1, 0.15) is 6.54 Å². The first-order chi connectivity index (χ1) is 13.4. The average Bonchev–Trinajstić information content (AvgIpc) is 2.58. The first-order valence-corrected chi connectivity index (χ1v) is 10.8. The number of hydrogen-bond acceptors (Lipinski definition) is 4. The zero-order valence-corrected chi connectivity index (χ0v) is 17.9. The maximum absolute atomic E-state index is 13.0. The smallest absolute Gasteiger partial charge is 0.271 e. The van der Waals surface area contributed by atoms with Gasteiger partial charge in [-0.2, -0.15) is 18.3 Å². The SMILES string of the molecule is CS(=O)(=O)N(CC(=O)N/N=C/c1cccc(Br)c1)c1cc(C(F)(F)F)ccc1Cl. The van der Waals surface area contributed by atoms with Gasteiger partial charge in [-0.15, -0.1) is 0 Å². The Morgan fingerprint density at radius 3 is 2.55 bits per heavy atom. The Morgan fingerprint density at radius 2 is 1.97 bits per heavy atom. The summed E-state index contributed by atoms with van der Waals surface area (Å²) in [5.74, 6) is -0.866. The van der Waals surface area contributed by atoms with Crippen molar-refractivity contribution in [3.63, 3.8) is 0 Å². The number of carbonyl (C=O) groups excluding carboxylic acids is 1. The van der Waals surface area contributed by atoms with E-state index in [1.165, 1.54) is 6.21 Å². The normalized spacial score (nSPS) is 12.2. The standard InChI is InChI=1S/C17H14BrClF3N3O3S/c1-29(27,28)25(15-8-12(17(20,21)22)5-6-14(15)19)10-16(26)24-23-9-11-3-2-4-13(18)7-11/h2-9H,10H2,1H3,(H,24,26)/b23-9+. The second-order valence-electron chi connectivity index (χ2n) is 5.78. The quantitative estimate of drug-likeness (QED) is 0.469. The Morgan fingerprint density at radius 1 is 1.28 bits per heavy atom. The minimum Gasteiger partial charge on any atom is -0.271 e. The van der Waals surface area contributed by atoms with Crippen molar-refractivity contribution in [2.45, 2.75) is 6.18 Å². The molecule has 12 heteroatoms. The second kappa shape index (κ2) is 9.14. The third-order valence-corrected chi connectivity index (χ3v) is 5.42. The Balaban J connectivity index is 2.23. The van der Waals surface area contributed by atoms with Gasteiger partial charge in [0.15, 0.2) is 0 Å². The van der Waals surface area contributed by atoms with Crippen LogP contribution in [0.4, 0.5) is 18.9 Å². The van der Waals surface area contributed by atoms with Crippen molar-refractivity contribution in [1.29, 1.82) is 0 Å².